The van der Waals surface area contributed by atoms with Crippen molar-refractivity contribution in [2.75, 3.05) is 6.54 Å². The molecule has 1 aliphatic heterocycles. The molecule has 0 bridgehead atoms. The van der Waals surface area contributed by atoms with Crippen LogP contribution in [0.3, 0.4) is 0 Å². The maximum absolute atomic E-state index is 12.8. The summed E-state index contributed by atoms with van der Waals surface area (Å²) in [5.74, 6) is 0.204. The normalized spacial score (nSPS) is 20.8. The number of alkyl halides is 3. The van der Waals surface area contributed by atoms with Crippen LogP contribution in [0, 0.1) is 5.92 Å². The zero-order valence-corrected chi connectivity index (χ0v) is 10.5. The summed E-state index contributed by atoms with van der Waals surface area (Å²) in [6, 6.07) is 0. The Morgan fingerprint density at radius 3 is 2.47 bits per heavy atom. The second kappa shape index (κ2) is 5.60. The van der Waals surface area contributed by atoms with Gasteiger partial charge < -0.3 is 0 Å². The van der Waals surface area contributed by atoms with Crippen LogP contribution in [0.2, 0.25) is 0 Å². The van der Waals surface area contributed by atoms with Gasteiger partial charge in [-0.3, -0.25) is 9.91 Å². The van der Waals surface area contributed by atoms with Crippen LogP contribution >= 0.6 is 0 Å². The van der Waals surface area contributed by atoms with E-state index >= 15 is 0 Å². The molecule has 0 amide bonds. The predicted octanol–water partition coefficient (Wildman–Crippen LogP) is 3.24. The Morgan fingerprint density at radius 2 is 2.00 bits per heavy atom. The van der Waals surface area contributed by atoms with E-state index in [1.165, 1.54) is 0 Å². The fourth-order valence-corrected chi connectivity index (χ4v) is 1.84. The van der Waals surface area contributed by atoms with Gasteiger partial charge in [-0.1, -0.05) is 27.2 Å². The van der Waals surface area contributed by atoms with Crippen molar-refractivity contribution in [1.29, 1.82) is 0 Å². The molecule has 0 saturated carbocycles. The first-order chi connectivity index (χ1) is 7.86. The van der Waals surface area contributed by atoms with Crippen LogP contribution < -0.4 is 0 Å². The first-order valence-corrected chi connectivity index (χ1v) is 6.02. The van der Waals surface area contributed by atoms with Gasteiger partial charge in [0.1, 0.15) is 12.5 Å². The van der Waals surface area contributed by atoms with Crippen LogP contribution in [-0.2, 0) is 0 Å². The third-order valence-electron chi connectivity index (χ3n) is 2.71. The van der Waals surface area contributed by atoms with E-state index in [1.807, 2.05) is 20.8 Å². The molecule has 0 aromatic carbocycles. The molecule has 17 heavy (non-hydrogen) atoms. The van der Waals surface area contributed by atoms with Crippen molar-refractivity contribution in [3.63, 3.8) is 0 Å². The standard InChI is InChI=1S/C11H20F3N3/c1-4-5-6-17-10(7-9(2)3)16(8-15-17)11(12,13)14/h8-10H,4-7H2,1-3H3. The number of hydrogen-bond donors (Lipinski definition) is 0. The van der Waals surface area contributed by atoms with Gasteiger partial charge in [0.25, 0.3) is 0 Å². The van der Waals surface area contributed by atoms with Crippen LogP contribution in [0.1, 0.15) is 40.0 Å². The maximum atomic E-state index is 12.8. The summed E-state index contributed by atoms with van der Waals surface area (Å²) in [6.45, 7) is 6.44. The third kappa shape index (κ3) is 3.78. The van der Waals surface area contributed by atoms with Crippen LogP contribution in [0.5, 0.6) is 0 Å². The molecule has 1 atom stereocenters. The number of hydrogen-bond acceptors (Lipinski definition) is 3. The van der Waals surface area contributed by atoms with E-state index in [0.29, 0.717) is 17.9 Å². The van der Waals surface area contributed by atoms with Gasteiger partial charge in [0.15, 0.2) is 0 Å². The zero-order valence-electron chi connectivity index (χ0n) is 10.5. The van der Waals surface area contributed by atoms with E-state index in [2.05, 4.69) is 5.10 Å². The molecule has 1 unspecified atom stereocenters. The molecule has 0 spiro atoms. The van der Waals surface area contributed by atoms with E-state index in [0.717, 1.165) is 19.2 Å². The fraction of sp³-hybridized carbons (Fsp3) is 0.909. The summed E-state index contributed by atoms with van der Waals surface area (Å²) in [5.41, 5.74) is 0. The van der Waals surface area contributed by atoms with Gasteiger partial charge in [-0.15, -0.1) is 13.2 Å². The Bertz CT molecular complexity index is 263. The first kappa shape index (κ1) is 14.1. The quantitative estimate of drug-likeness (QED) is 0.698. The molecule has 6 heteroatoms. The average molecular weight is 251 g/mol. The maximum Gasteiger partial charge on any atom is 0.487 e. The Balaban J connectivity index is 2.71. The molecule has 0 radical (unpaired) electrons. The molecule has 0 saturated heterocycles. The minimum Gasteiger partial charge on any atom is -0.273 e. The van der Waals surface area contributed by atoms with Gasteiger partial charge in [-0.25, -0.2) is 0 Å². The molecule has 0 fully saturated rings. The molecule has 3 nitrogen and oxygen atoms in total. The van der Waals surface area contributed by atoms with Crippen molar-refractivity contribution >= 4 is 6.34 Å². The molecular formula is C11H20F3N3. The lowest BCUT2D eigenvalue weighted by atomic mass is 10.1. The lowest BCUT2D eigenvalue weighted by Gasteiger charge is -2.32. The molecule has 1 heterocycles. The SMILES string of the molecule is CCCCN1N=CN(C(F)(F)F)C1CC(C)C. The van der Waals surface area contributed by atoms with Gasteiger partial charge in [0.05, 0.1) is 0 Å². The summed E-state index contributed by atoms with van der Waals surface area (Å²) >= 11 is 0. The number of rotatable bonds is 5. The molecule has 1 rings (SSSR count). The minimum absolute atomic E-state index is 0.204. The number of unbranched alkanes of at least 4 members (excludes halogenated alkanes) is 1. The summed E-state index contributed by atoms with van der Waals surface area (Å²) in [6.07, 6.45) is -1.85. The summed E-state index contributed by atoms with van der Waals surface area (Å²) in [7, 11) is 0. The van der Waals surface area contributed by atoms with Gasteiger partial charge >= 0.3 is 6.30 Å². The topological polar surface area (TPSA) is 18.8 Å². The molecule has 1 aliphatic rings. The first-order valence-electron chi connectivity index (χ1n) is 6.02. The lowest BCUT2D eigenvalue weighted by molar-refractivity contribution is -0.236. The highest BCUT2D eigenvalue weighted by atomic mass is 19.4. The van der Waals surface area contributed by atoms with Crippen molar-refractivity contribution in [2.24, 2.45) is 11.0 Å². The van der Waals surface area contributed by atoms with Crippen molar-refractivity contribution in [3.8, 4) is 0 Å². The second-order valence-electron chi connectivity index (χ2n) is 4.73. The molecular weight excluding hydrogens is 231 g/mol. The van der Waals surface area contributed by atoms with E-state index < -0.39 is 12.5 Å². The highest BCUT2D eigenvalue weighted by Crippen LogP contribution is 2.30. The molecule has 0 aliphatic carbocycles. The van der Waals surface area contributed by atoms with Crippen LogP contribution in [0.25, 0.3) is 0 Å². The van der Waals surface area contributed by atoms with Crippen LogP contribution in [0.4, 0.5) is 13.2 Å². The van der Waals surface area contributed by atoms with Crippen LogP contribution in [0.15, 0.2) is 5.10 Å². The summed E-state index contributed by atoms with van der Waals surface area (Å²) in [4.78, 5) is 0.405. The van der Waals surface area contributed by atoms with Crippen molar-refractivity contribution < 1.29 is 13.2 Å². The zero-order chi connectivity index (χ0) is 13.1. The molecule has 100 valence electrons. The number of hydrazone groups is 1. The minimum atomic E-state index is -4.34. The van der Waals surface area contributed by atoms with Crippen molar-refractivity contribution in [2.45, 2.75) is 52.5 Å². The fourth-order valence-electron chi connectivity index (χ4n) is 1.84. The van der Waals surface area contributed by atoms with Crippen molar-refractivity contribution in [1.82, 2.24) is 9.91 Å². The lowest BCUT2D eigenvalue weighted by Crippen LogP contribution is -2.48. The average Bonchev–Trinajstić information content (AvgIpc) is 2.56. The Kier molecular flexibility index (Phi) is 4.65. The monoisotopic (exact) mass is 251 g/mol. The summed E-state index contributed by atoms with van der Waals surface area (Å²) < 4.78 is 38.3. The van der Waals surface area contributed by atoms with E-state index in [-0.39, 0.29) is 5.92 Å². The summed E-state index contributed by atoms with van der Waals surface area (Å²) in [5, 5.41) is 5.42. The number of halogens is 3. The van der Waals surface area contributed by atoms with E-state index in [4.69, 9.17) is 0 Å². The molecule has 0 N–H and O–H groups in total. The van der Waals surface area contributed by atoms with E-state index in [1.54, 1.807) is 5.01 Å². The number of nitrogens with zero attached hydrogens (tertiary/aromatic N) is 3. The third-order valence-corrected chi connectivity index (χ3v) is 2.71. The molecule has 0 aromatic heterocycles. The Morgan fingerprint density at radius 1 is 1.35 bits per heavy atom. The Hall–Kier alpha value is -0.940. The van der Waals surface area contributed by atoms with Gasteiger partial charge in [0, 0.05) is 6.54 Å². The van der Waals surface area contributed by atoms with Crippen LogP contribution in [-0.4, -0.2) is 35.3 Å². The van der Waals surface area contributed by atoms with Gasteiger partial charge in [-0.05, 0) is 18.8 Å². The molecule has 0 aromatic rings. The highest BCUT2D eigenvalue weighted by molar-refractivity contribution is 5.57. The second-order valence-corrected chi connectivity index (χ2v) is 4.73. The van der Waals surface area contributed by atoms with Crippen molar-refractivity contribution in [3.05, 3.63) is 0 Å². The smallest absolute Gasteiger partial charge is 0.273 e. The predicted molar refractivity (Wildman–Crippen MR) is 61.2 cm³/mol. The van der Waals surface area contributed by atoms with Gasteiger partial charge in [-0.2, -0.15) is 5.10 Å². The highest BCUT2D eigenvalue weighted by Gasteiger charge is 2.45. The largest absolute Gasteiger partial charge is 0.487 e. The Labute approximate surface area is 100 Å². The van der Waals surface area contributed by atoms with Gasteiger partial charge in [0.2, 0.25) is 0 Å². The van der Waals surface area contributed by atoms with E-state index in [9.17, 15) is 13.2 Å².